The van der Waals surface area contributed by atoms with Crippen LogP contribution >= 0.6 is 11.6 Å². The Bertz CT molecular complexity index is 1170. The molecule has 0 aliphatic carbocycles. The molecule has 5 rings (SSSR count). The van der Waals surface area contributed by atoms with E-state index in [2.05, 4.69) is 5.16 Å². The summed E-state index contributed by atoms with van der Waals surface area (Å²) in [5, 5.41) is 4.60. The van der Waals surface area contributed by atoms with Gasteiger partial charge in [-0.25, -0.2) is 0 Å². The Balaban J connectivity index is 1.19. The van der Waals surface area contributed by atoms with Gasteiger partial charge >= 0.3 is 5.97 Å². The van der Waals surface area contributed by atoms with Gasteiger partial charge in [0, 0.05) is 41.7 Å². The van der Waals surface area contributed by atoms with Crippen LogP contribution in [-0.2, 0) is 27.4 Å². The fourth-order valence-corrected chi connectivity index (χ4v) is 4.22. The summed E-state index contributed by atoms with van der Waals surface area (Å²) in [5.74, 6) is 0.427. The average Bonchev–Trinajstić information content (AvgIpc) is 3.49. The van der Waals surface area contributed by atoms with Crippen LogP contribution < -0.4 is 9.64 Å². The maximum Gasteiger partial charge on any atom is 0.311 e. The van der Waals surface area contributed by atoms with Gasteiger partial charge in [0.1, 0.15) is 24.2 Å². The Morgan fingerprint density at radius 3 is 2.81 bits per heavy atom. The van der Waals surface area contributed by atoms with Crippen LogP contribution in [0.15, 0.2) is 53.1 Å². The van der Waals surface area contributed by atoms with Crippen molar-refractivity contribution in [3.8, 4) is 17.1 Å². The molecule has 1 fully saturated rings. The minimum Gasteiger partial charge on any atom is -0.490 e. The molecule has 2 aliphatic rings. The Morgan fingerprint density at radius 2 is 2.00 bits per heavy atom. The highest BCUT2D eigenvalue weighted by Crippen LogP contribution is 2.33. The van der Waals surface area contributed by atoms with Gasteiger partial charge in [-0.3, -0.25) is 9.59 Å². The van der Waals surface area contributed by atoms with E-state index < -0.39 is 11.9 Å². The number of anilines is 1. The monoisotopic (exact) mass is 452 g/mol. The van der Waals surface area contributed by atoms with Crippen LogP contribution in [-0.4, -0.2) is 29.7 Å². The molecule has 2 unspecified atom stereocenters. The van der Waals surface area contributed by atoms with Crippen molar-refractivity contribution in [1.82, 2.24) is 5.16 Å². The topological polar surface area (TPSA) is 81.9 Å². The number of nitrogens with zero attached hydrogens (tertiary/aromatic N) is 2. The van der Waals surface area contributed by atoms with Gasteiger partial charge in [0.05, 0.1) is 5.92 Å². The summed E-state index contributed by atoms with van der Waals surface area (Å²) in [5.41, 5.74) is 3.25. The van der Waals surface area contributed by atoms with Crippen LogP contribution in [0.25, 0.3) is 11.3 Å². The molecule has 0 bridgehead atoms. The van der Waals surface area contributed by atoms with E-state index in [1.165, 1.54) is 0 Å². The van der Waals surface area contributed by atoms with E-state index in [4.69, 9.17) is 25.6 Å². The Labute approximate surface area is 189 Å². The normalized spacial score (nSPS) is 19.7. The molecular weight excluding hydrogens is 432 g/mol. The number of carbonyl (C=O) groups is 2. The van der Waals surface area contributed by atoms with Crippen molar-refractivity contribution in [2.24, 2.45) is 5.92 Å². The molecule has 0 saturated carbocycles. The second-order valence-electron chi connectivity index (χ2n) is 8.13. The summed E-state index contributed by atoms with van der Waals surface area (Å²) < 4.78 is 16.6. The first kappa shape index (κ1) is 20.6. The first-order valence-corrected chi connectivity index (χ1v) is 10.8. The van der Waals surface area contributed by atoms with Gasteiger partial charge in [0.2, 0.25) is 5.91 Å². The van der Waals surface area contributed by atoms with E-state index in [0.717, 1.165) is 23.3 Å². The lowest BCUT2D eigenvalue weighted by Gasteiger charge is -2.16. The Morgan fingerprint density at radius 1 is 1.19 bits per heavy atom. The van der Waals surface area contributed by atoms with Gasteiger partial charge in [-0.05, 0) is 55.0 Å². The van der Waals surface area contributed by atoms with Crippen LogP contribution in [0.2, 0.25) is 5.02 Å². The number of fused-ring (bicyclic) bond motifs is 1. The fourth-order valence-electron chi connectivity index (χ4n) is 4.09. The number of halogens is 1. The smallest absolute Gasteiger partial charge is 0.311 e. The number of ether oxygens (including phenoxy) is 2. The van der Waals surface area contributed by atoms with Crippen LogP contribution in [0.4, 0.5) is 5.69 Å². The number of hydrogen-bond donors (Lipinski definition) is 0. The highest BCUT2D eigenvalue weighted by atomic mass is 35.5. The highest BCUT2D eigenvalue weighted by Gasteiger charge is 2.36. The molecule has 3 aromatic rings. The van der Waals surface area contributed by atoms with Crippen LogP contribution in [0.5, 0.6) is 5.75 Å². The summed E-state index contributed by atoms with van der Waals surface area (Å²) in [6, 6.07) is 14.6. The van der Waals surface area contributed by atoms with Crippen LogP contribution in [0.3, 0.4) is 0 Å². The minimum atomic E-state index is -0.525. The minimum absolute atomic E-state index is 0.0148. The van der Waals surface area contributed by atoms with Crippen molar-refractivity contribution in [2.45, 2.75) is 32.5 Å². The fraction of sp³-hybridized carbons (Fsp3) is 0.292. The molecular formula is C24H21ClN2O5. The van der Waals surface area contributed by atoms with Gasteiger partial charge in [0.15, 0.2) is 5.76 Å². The summed E-state index contributed by atoms with van der Waals surface area (Å²) in [4.78, 5) is 26.5. The number of esters is 1. The zero-order valence-corrected chi connectivity index (χ0v) is 18.2. The molecule has 3 heterocycles. The van der Waals surface area contributed by atoms with Crippen molar-refractivity contribution in [1.29, 1.82) is 0 Å². The summed E-state index contributed by atoms with van der Waals surface area (Å²) in [7, 11) is 0. The average molecular weight is 453 g/mol. The van der Waals surface area contributed by atoms with Gasteiger partial charge in [-0.15, -0.1) is 0 Å². The number of aromatic nitrogens is 1. The third-order valence-electron chi connectivity index (χ3n) is 5.70. The van der Waals surface area contributed by atoms with Crippen molar-refractivity contribution in [3.63, 3.8) is 0 Å². The Hall–Kier alpha value is -3.32. The predicted molar refractivity (Wildman–Crippen MR) is 117 cm³/mol. The third kappa shape index (κ3) is 4.08. The number of rotatable bonds is 5. The molecule has 32 heavy (non-hydrogen) atoms. The molecule has 1 amide bonds. The van der Waals surface area contributed by atoms with E-state index in [9.17, 15) is 9.59 Å². The molecule has 1 aromatic heterocycles. The zero-order valence-electron chi connectivity index (χ0n) is 17.4. The molecule has 2 aliphatic heterocycles. The number of amides is 1. The van der Waals surface area contributed by atoms with Gasteiger partial charge in [0.25, 0.3) is 0 Å². The molecule has 0 spiro atoms. The first-order chi connectivity index (χ1) is 15.5. The Kier molecular flexibility index (Phi) is 5.35. The molecule has 0 radical (unpaired) electrons. The van der Waals surface area contributed by atoms with E-state index in [-0.39, 0.29) is 31.6 Å². The lowest BCUT2D eigenvalue weighted by molar-refractivity contribution is -0.149. The highest BCUT2D eigenvalue weighted by molar-refractivity contribution is 6.30. The summed E-state index contributed by atoms with van der Waals surface area (Å²) in [6.45, 7) is 2.30. The molecule has 0 N–H and O–H groups in total. The number of hydrogen-bond acceptors (Lipinski definition) is 6. The molecule has 7 nitrogen and oxygen atoms in total. The van der Waals surface area contributed by atoms with Crippen molar-refractivity contribution < 1.29 is 23.6 Å². The lowest BCUT2D eigenvalue weighted by atomic mass is 10.1. The quantitative estimate of drug-likeness (QED) is 0.533. The number of carbonyl (C=O) groups excluding carboxylic acids is 2. The third-order valence-corrected chi connectivity index (χ3v) is 5.95. The largest absolute Gasteiger partial charge is 0.490 e. The van der Waals surface area contributed by atoms with Crippen molar-refractivity contribution >= 4 is 29.2 Å². The summed E-state index contributed by atoms with van der Waals surface area (Å²) in [6.07, 6.45) is 1.14. The second-order valence-corrected chi connectivity index (χ2v) is 8.56. The molecule has 164 valence electrons. The van der Waals surface area contributed by atoms with Crippen molar-refractivity contribution in [3.05, 3.63) is 64.8 Å². The van der Waals surface area contributed by atoms with Crippen LogP contribution in [0.1, 0.15) is 24.6 Å². The van der Waals surface area contributed by atoms with Gasteiger partial charge < -0.3 is 18.9 Å². The molecule has 8 heteroatoms. The first-order valence-electron chi connectivity index (χ1n) is 10.4. The molecule has 2 aromatic carbocycles. The number of benzene rings is 2. The predicted octanol–water partition coefficient (Wildman–Crippen LogP) is 4.41. The SMILES string of the molecule is CC1Cc2cc(-c3cc(COC(=O)C4CC(=O)N(c5ccc(Cl)cc5)C4)no3)ccc2O1. The van der Waals surface area contributed by atoms with E-state index >= 15 is 0 Å². The van der Waals surface area contributed by atoms with Gasteiger partial charge in [-0.1, -0.05) is 16.8 Å². The molecule has 1 saturated heterocycles. The van der Waals surface area contributed by atoms with Gasteiger partial charge in [-0.2, -0.15) is 0 Å². The molecule has 2 atom stereocenters. The lowest BCUT2D eigenvalue weighted by Crippen LogP contribution is -2.26. The van der Waals surface area contributed by atoms with E-state index in [1.807, 2.05) is 25.1 Å². The maximum atomic E-state index is 12.5. The second kappa shape index (κ2) is 8.31. The standard InChI is InChI=1S/C24H21ClN2O5/c1-14-8-16-9-15(2-7-21(16)31-14)22-11-19(26-32-22)13-30-24(29)17-10-23(28)27(12-17)20-5-3-18(25)4-6-20/h2-7,9,11,14,17H,8,10,12-13H2,1H3. The maximum absolute atomic E-state index is 12.5. The zero-order chi connectivity index (χ0) is 22.2. The van der Waals surface area contributed by atoms with E-state index in [1.54, 1.807) is 35.2 Å². The summed E-state index contributed by atoms with van der Waals surface area (Å²) >= 11 is 5.91. The van der Waals surface area contributed by atoms with E-state index in [0.29, 0.717) is 22.2 Å². The van der Waals surface area contributed by atoms with Crippen molar-refractivity contribution in [2.75, 3.05) is 11.4 Å². The van der Waals surface area contributed by atoms with Crippen LogP contribution in [0, 0.1) is 5.92 Å².